The summed E-state index contributed by atoms with van der Waals surface area (Å²) in [5.41, 5.74) is 6.49. The molecule has 0 aliphatic heterocycles. The summed E-state index contributed by atoms with van der Waals surface area (Å²) >= 11 is 0. The van der Waals surface area contributed by atoms with Crippen LogP contribution in [0.4, 0.5) is 5.69 Å². The van der Waals surface area contributed by atoms with E-state index in [2.05, 4.69) is 17.2 Å². The van der Waals surface area contributed by atoms with Crippen LogP contribution >= 0.6 is 0 Å². The largest absolute Gasteiger partial charge is 0.397 e. The Hall–Kier alpha value is -1.58. The van der Waals surface area contributed by atoms with Crippen molar-refractivity contribution in [3.63, 3.8) is 0 Å². The number of carbonyl (C=O) groups is 1. The molecule has 1 amide bonds. The van der Waals surface area contributed by atoms with Crippen molar-refractivity contribution in [3.8, 4) is 0 Å². The molecule has 1 saturated carbocycles. The van der Waals surface area contributed by atoms with Crippen LogP contribution in [-0.4, -0.2) is 16.9 Å². The van der Waals surface area contributed by atoms with Crippen molar-refractivity contribution in [2.45, 2.75) is 38.6 Å². The summed E-state index contributed by atoms with van der Waals surface area (Å²) in [5.74, 6) is 0.436. The van der Waals surface area contributed by atoms with E-state index < -0.39 is 0 Å². The minimum atomic E-state index is -0.164. The van der Waals surface area contributed by atoms with Crippen LogP contribution in [0.3, 0.4) is 0 Å². The molecule has 2 rings (SSSR count). The fourth-order valence-corrected chi connectivity index (χ4v) is 2.46. The summed E-state index contributed by atoms with van der Waals surface area (Å²) in [7, 11) is 0. The van der Waals surface area contributed by atoms with Gasteiger partial charge in [0.1, 0.15) is 0 Å². The van der Waals surface area contributed by atoms with Gasteiger partial charge in [-0.2, -0.15) is 0 Å². The Morgan fingerprint density at radius 2 is 2.24 bits per heavy atom. The number of aromatic nitrogens is 1. The van der Waals surface area contributed by atoms with E-state index in [1.165, 1.54) is 25.7 Å². The van der Waals surface area contributed by atoms with Gasteiger partial charge in [0.2, 0.25) is 0 Å². The molecule has 4 nitrogen and oxygen atoms in total. The minimum Gasteiger partial charge on any atom is -0.397 e. The van der Waals surface area contributed by atoms with Gasteiger partial charge in [0.05, 0.1) is 5.69 Å². The normalized spacial score (nSPS) is 17.9. The standard InChI is InChI=1S/C13H19N3O/c1-9(10-5-2-3-6-10)16-13(17)12-11(14)7-4-8-15-12/h4,7-10H,2-3,5-6,14H2,1H3,(H,16,17)/t9-/m0/s1. The highest BCUT2D eigenvalue weighted by atomic mass is 16.1. The van der Waals surface area contributed by atoms with Crippen molar-refractivity contribution in [1.29, 1.82) is 0 Å². The summed E-state index contributed by atoms with van der Waals surface area (Å²) in [6.07, 6.45) is 6.55. The number of anilines is 1. The Bertz CT molecular complexity index is 399. The molecule has 1 aliphatic rings. The zero-order valence-electron chi connectivity index (χ0n) is 10.1. The second kappa shape index (κ2) is 5.17. The number of nitrogens with two attached hydrogens (primary N) is 1. The molecule has 92 valence electrons. The third kappa shape index (κ3) is 2.75. The smallest absolute Gasteiger partial charge is 0.272 e. The second-order valence-corrected chi connectivity index (χ2v) is 4.75. The van der Waals surface area contributed by atoms with Crippen molar-refractivity contribution >= 4 is 11.6 Å². The van der Waals surface area contributed by atoms with Gasteiger partial charge in [-0.15, -0.1) is 0 Å². The van der Waals surface area contributed by atoms with Gasteiger partial charge in [-0.3, -0.25) is 4.79 Å². The van der Waals surface area contributed by atoms with Crippen molar-refractivity contribution < 1.29 is 4.79 Å². The molecule has 1 atom stereocenters. The second-order valence-electron chi connectivity index (χ2n) is 4.75. The third-order valence-electron chi connectivity index (χ3n) is 3.52. The Kier molecular flexibility index (Phi) is 3.61. The van der Waals surface area contributed by atoms with Crippen LogP contribution in [0.15, 0.2) is 18.3 Å². The lowest BCUT2D eigenvalue weighted by molar-refractivity contribution is 0.0923. The molecule has 0 aromatic carbocycles. The van der Waals surface area contributed by atoms with Crippen LogP contribution < -0.4 is 11.1 Å². The van der Waals surface area contributed by atoms with Crippen molar-refractivity contribution in [3.05, 3.63) is 24.0 Å². The van der Waals surface area contributed by atoms with E-state index in [0.717, 1.165) is 0 Å². The van der Waals surface area contributed by atoms with Crippen LogP contribution in [0.25, 0.3) is 0 Å². The third-order valence-corrected chi connectivity index (χ3v) is 3.52. The van der Waals surface area contributed by atoms with Gasteiger partial charge in [0.15, 0.2) is 5.69 Å². The van der Waals surface area contributed by atoms with Crippen LogP contribution in [0.1, 0.15) is 43.1 Å². The van der Waals surface area contributed by atoms with Gasteiger partial charge >= 0.3 is 0 Å². The van der Waals surface area contributed by atoms with E-state index in [1.54, 1.807) is 18.3 Å². The van der Waals surface area contributed by atoms with Crippen LogP contribution in [0.2, 0.25) is 0 Å². The van der Waals surface area contributed by atoms with Gasteiger partial charge in [0.25, 0.3) is 5.91 Å². The van der Waals surface area contributed by atoms with Crippen molar-refractivity contribution in [2.75, 3.05) is 5.73 Å². The first-order valence-electron chi connectivity index (χ1n) is 6.20. The Balaban J connectivity index is 1.99. The molecule has 1 aromatic rings. The predicted octanol–water partition coefficient (Wildman–Crippen LogP) is 1.97. The number of nitrogen functional groups attached to an aromatic ring is 1. The summed E-state index contributed by atoms with van der Waals surface area (Å²) < 4.78 is 0. The van der Waals surface area contributed by atoms with E-state index in [1.807, 2.05) is 0 Å². The lowest BCUT2D eigenvalue weighted by Gasteiger charge is -2.20. The van der Waals surface area contributed by atoms with Crippen LogP contribution in [0, 0.1) is 5.92 Å². The number of carbonyl (C=O) groups excluding carboxylic acids is 1. The summed E-state index contributed by atoms with van der Waals surface area (Å²) in [4.78, 5) is 16.0. The first kappa shape index (κ1) is 11.9. The van der Waals surface area contributed by atoms with E-state index in [-0.39, 0.29) is 11.9 Å². The number of hydrogen-bond acceptors (Lipinski definition) is 3. The Morgan fingerprint density at radius 1 is 1.53 bits per heavy atom. The summed E-state index contributed by atoms with van der Waals surface area (Å²) in [5, 5.41) is 3.00. The van der Waals surface area contributed by atoms with Crippen molar-refractivity contribution in [2.24, 2.45) is 5.92 Å². The molecule has 0 radical (unpaired) electrons. The van der Waals surface area contributed by atoms with E-state index >= 15 is 0 Å². The molecule has 1 heterocycles. The molecule has 1 aliphatic carbocycles. The number of amides is 1. The number of nitrogens with one attached hydrogen (secondary N) is 1. The zero-order valence-corrected chi connectivity index (χ0v) is 10.1. The molecule has 1 fully saturated rings. The van der Waals surface area contributed by atoms with Gasteiger partial charge < -0.3 is 11.1 Å². The average molecular weight is 233 g/mol. The van der Waals surface area contributed by atoms with E-state index in [9.17, 15) is 4.79 Å². The summed E-state index contributed by atoms with van der Waals surface area (Å²) in [6, 6.07) is 3.63. The fraction of sp³-hybridized carbons (Fsp3) is 0.538. The number of pyridine rings is 1. The quantitative estimate of drug-likeness (QED) is 0.838. The molecule has 17 heavy (non-hydrogen) atoms. The van der Waals surface area contributed by atoms with Gasteiger partial charge in [-0.1, -0.05) is 12.8 Å². The average Bonchev–Trinajstić information content (AvgIpc) is 2.82. The highest BCUT2D eigenvalue weighted by Crippen LogP contribution is 2.27. The highest BCUT2D eigenvalue weighted by molar-refractivity contribution is 5.97. The first-order chi connectivity index (χ1) is 8.18. The van der Waals surface area contributed by atoms with Gasteiger partial charge in [-0.25, -0.2) is 4.98 Å². The van der Waals surface area contributed by atoms with Gasteiger partial charge in [0, 0.05) is 12.2 Å². The molecule has 0 saturated heterocycles. The maximum absolute atomic E-state index is 12.0. The Morgan fingerprint density at radius 3 is 2.88 bits per heavy atom. The molecule has 0 bridgehead atoms. The lowest BCUT2D eigenvalue weighted by atomic mass is 10.00. The maximum Gasteiger partial charge on any atom is 0.272 e. The maximum atomic E-state index is 12.0. The van der Waals surface area contributed by atoms with E-state index in [4.69, 9.17) is 5.73 Å². The van der Waals surface area contributed by atoms with E-state index in [0.29, 0.717) is 17.3 Å². The number of hydrogen-bond donors (Lipinski definition) is 2. The number of nitrogens with zero attached hydrogens (tertiary/aromatic N) is 1. The molecular formula is C13H19N3O. The van der Waals surface area contributed by atoms with Crippen LogP contribution in [0.5, 0.6) is 0 Å². The molecule has 4 heteroatoms. The number of rotatable bonds is 3. The minimum absolute atomic E-state index is 0.164. The highest BCUT2D eigenvalue weighted by Gasteiger charge is 2.23. The lowest BCUT2D eigenvalue weighted by Crippen LogP contribution is -2.37. The molecular weight excluding hydrogens is 214 g/mol. The predicted molar refractivity (Wildman–Crippen MR) is 67.5 cm³/mol. The zero-order chi connectivity index (χ0) is 12.3. The molecule has 1 aromatic heterocycles. The van der Waals surface area contributed by atoms with Crippen molar-refractivity contribution in [1.82, 2.24) is 10.3 Å². The van der Waals surface area contributed by atoms with Gasteiger partial charge in [-0.05, 0) is 37.8 Å². The monoisotopic (exact) mass is 233 g/mol. The molecule has 0 unspecified atom stereocenters. The molecule has 0 spiro atoms. The topological polar surface area (TPSA) is 68.0 Å². The first-order valence-corrected chi connectivity index (χ1v) is 6.20. The Labute approximate surface area is 102 Å². The summed E-state index contributed by atoms with van der Waals surface area (Å²) in [6.45, 7) is 2.06. The molecule has 3 N–H and O–H groups in total. The van der Waals surface area contributed by atoms with Crippen LogP contribution in [-0.2, 0) is 0 Å². The SMILES string of the molecule is C[C@H](NC(=O)c1ncccc1N)C1CCCC1. The fourth-order valence-electron chi connectivity index (χ4n) is 2.46.